The number of nitrogens with zero attached hydrogens (tertiary/aromatic N) is 1. The standard InChI is InChI=1S/C24H30Cl2N2O4/c1-5-16(3)27-24(30)21(6-2)28(14-17-8-7-9-19(12-17)31-4)23(29)15-32-22-11-10-18(25)13-20(22)26/h7-13,16,21H,5-6,14-15H2,1-4H3,(H,27,30)/t16-,21-/m0/s1. The van der Waals surface area contributed by atoms with Crippen LogP contribution in [0.25, 0.3) is 0 Å². The van der Waals surface area contributed by atoms with Crippen molar-refractivity contribution < 1.29 is 19.1 Å². The van der Waals surface area contributed by atoms with Gasteiger partial charge in [-0.25, -0.2) is 0 Å². The van der Waals surface area contributed by atoms with Crippen molar-refractivity contribution >= 4 is 35.0 Å². The van der Waals surface area contributed by atoms with Crippen molar-refractivity contribution in [1.29, 1.82) is 0 Å². The average molecular weight is 481 g/mol. The van der Waals surface area contributed by atoms with E-state index >= 15 is 0 Å². The molecule has 0 fully saturated rings. The molecule has 0 bridgehead atoms. The van der Waals surface area contributed by atoms with Crippen LogP contribution in [0.4, 0.5) is 0 Å². The van der Waals surface area contributed by atoms with E-state index in [9.17, 15) is 9.59 Å². The van der Waals surface area contributed by atoms with Crippen molar-refractivity contribution in [2.75, 3.05) is 13.7 Å². The molecule has 0 saturated carbocycles. The molecular weight excluding hydrogens is 451 g/mol. The molecule has 0 spiro atoms. The zero-order chi connectivity index (χ0) is 23.7. The van der Waals surface area contributed by atoms with Crippen molar-refractivity contribution in [3.05, 3.63) is 58.1 Å². The fourth-order valence-corrected chi connectivity index (χ4v) is 3.61. The Bertz CT molecular complexity index is 923. The summed E-state index contributed by atoms with van der Waals surface area (Å²) in [6.45, 7) is 5.78. The second kappa shape index (κ2) is 12.6. The molecule has 2 aromatic carbocycles. The number of methoxy groups -OCH3 is 1. The van der Waals surface area contributed by atoms with Gasteiger partial charge in [0.05, 0.1) is 12.1 Å². The monoisotopic (exact) mass is 480 g/mol. The summed E-state index contributed by atoms with van der Waals surface area (Å²) in [5.74, 6) is 0.506. The van der Waals surface area contributed by atoms with Crippen LogP contribution in [0.15, 0.2) is 42.5 Å². The van der Waals surface area contributed by atoms with Crippen molar-refractivity contribution in [2.45, 2.75) is 52.2 Å². The molecule has 0 radical (unpaired) electrons. The summed E-state index contributed by atoms with van der Waals surface area (Å²) in [6.07, 6.45) is 1.25. The third-order valence-corrected chi connectivity index (χ3v) is 5.65. The van der Waals surface area contributed by atoms with Gasteiger partial charge in [-0.3, -0.25) is 9.59 Å². The Morgan fingerprint density at radius 2 is 1.84 bits per heavy atom. The van der Waals surface area contributed by atoms with Gasteiger partial charge < -0.3 is 19.7 Å². The van der Waals surface area contributed by atoms with Gasteiger partial charge in [0.25, 0.3) is 5.91 Å². The van der Waals surface area contributed by atoms with E-state index in [1.165, 1.54) is 4.90 Å². The highest BCUT2D eigenvalue weighted by Gasteiger charge is 2.29. The van der Waals surface area contributed by atoms with E-state index in [0.29, 0.717) is 28.0 Å². The van der Waals surface area contributed by atoms with Crippen molar-refractivity contribution in [1.82, 2.24) is 10.2 Å². The van der Waals surface area contributed by atoms with E-state index in [4.69, 9.17) is 32.7 Å². The van der Waals surface area contributed by atoms with Crippen LogP contribution in [-0.2, 0) is 16.1 Å². The minimum absolute atomic E-state index is 0.00875. The second-order valence-electron chi connectivity index (χ2n) is 7.48. The smallest absolute Gasteiger partial charge is 0.261 e. The SMILES string of the molecule is CC[C@H](C)NC(=O)[C@H](CC)N(Cc1cccc(OC)c1)C(=O)COc1ccc(Cl)cc1Cl. The average Bonchev–Trinajstić information content (AvgIpc) is 2.78. The summed E-state index contributed by atoms with van der Waals surface area (Å²) >= 11 is 12.1. The Labute approximate surface area is 199 Å². The molecule has 0 aliphatic heterocycles. The van der Waals surface area contributed by atoms with Crippen molar-refractivity contribution in [3.63, 3.8) is 0 Å². The van der Waals surface area contributed by atoms with Crippen molar-refractivity contribution in [2.24, 2.45) is 0 Å². The zero-order valence-corrected chi connectivity index (χ0v) is 20.4. The maximum Gasteiger partial charge on any atom is 0.261 e. The molecule has 0 heterocycles. The van der Waals surface area contributed by atoms with Crippen LogP contribution < -0.4 is 14.8 Å². The first-order valence-electron chi connectivity index (χ1n) is 10.6. The highest BCUT2D eigenvalue weighted by atomic mass is 35.5. The normalized spacial score (nSPS) is 12.6. The van der Waals surface area contributed by atoms with Gasteiger partial charge in [0.1, 0.15) is 17.5 Å². The number of ether oxygens (including phenoxy) is 2. The quantitative estimate of drug-likeness (QED) is 0.485. The predicted octanol–water partition coefficient (Wildman–Crippen LogP) is 5.10. The molecule has 1 N–H and O–H groups in total. The van der Waals surface area contributed by atoms with Gasteiger partial charge in [0.15, 0.2) is 6.61 Å². The number of amides is 2. The van der Waals surface area contributed by atoms with Gasteiger partial charge in [-0.05, 0) is 55.7 Å². The Morgan fingerprint density at radius 1 is 1.09 bits per heavy atom. The number of nitrogens with one attached hydrogen (secondary N) is 1. The third-order valence-electron chi connectivity index (χ3n) is 5.12. The lowest BCUT2D eigenvalue weighted by atomic mass is 10.1. The fourth-order valence-electron chi connectivity index (χ4n) is 3.14. The van der Waals surface area contributed by atoms with Gasteiger partial charge in [-0.15, -0.1) is 0 Å². The van der Waals surface area contributed by atoms with E-state index < -0.39 is 6.04 Å². The number of hydrogen-bond donors (Lipinski definition) is 1. The van der Waals surface area contributed by atoms with Crippen LogP contribution >= 0.6 is 23.2 Å². The summed E-state index contributed by atoms with van der Waals surface area (Å²) in [4.78, 5) is 27.7. The largest absolute Gasteiger partial charge is 0.497 e. The van der Waals surface area contributed by atoms with Crippen LogP contribution in [0.1, 0.15) is 39.2 Å². The lowest BCUT2D eigenvalue weighted by molar-refractivity contribution is -0.143. The molecule has 174 valence electrons. The minimum atomic E-state index is -0.646. The van der Waals surface area contributed by atoms with E-state index in [-0.39, 0.29) is 31.0 Å². The molecule has 2 rings (SSSR count). The molecule has 0 saturated heterocycles. The first-order chi connectivity index (χ1) is 15.3. The summed E-state index contributed by atoms with van der Waals surface area (Å²) in [6, 6.07) is 11.6. The highest BCUT2D eigenvalue weighted by Crippen LogP contribution is 2.27. The Morgan fingerprint density at radius 3 is 2.47 bits per heavy atom. The lowest BCUT2D eigenvalue weighted by Gasteiger charge is -2.31. The molecule has 0 aromatic heterocycles. The summed E-state index contributed by atoms with van der Waals surface area (Å²) < 4.78 is 10.9. The Kier molecular flexibility index (Phi) is 10.1. The van der Waals surface area contributed by atoms with Crippen LogP contribution in [-0.4, -0.2) is 42.5 Å². The molecule has 32 heavy (non-hydrogen) atoms. The topological polar surface area (TPSA) is 67.9 Å². The summed E-state index contributed by atoms with van der Waals surface area (Å²) in [5.41, 5.74) is 0.844. The predicted molar refractivity (Wildman–Crippen MR) is 127 cm³/mol. The summed E-state index contributed by atoms with van der Waals surface area (Å²) in [5, 5.41) is 3.76. The van der Waals surface area contributed by atoms with Crippen LogP contribution in [0, 0.1) is 0 Å². The molecule has 6 nitrogen and oxygen atoms in total. The van der Waals surface area contributed by atoms with E-state index in [2.05, 4.69) is 5.32 Å². The molecule has 2 aromatic rings. The molecule has 0 unspecified atom stereocenters. The van der Waals surface area contributed by atoms with Gasteiger partial charge in [-0.2, -0.15) is 0 Å². The molecule has 8 heteroatoms. The molecular formula is C24H30Cl2N2O4. The molecule has 0 aliphatic carbocycles. The number of rotatable bonds is 11. The van der Waals surface area contributed by atoms with Crippen LogP contribution in [0.5, 0.6) is 11.5 Å². The van der Waals surface area contributed by atoms with Crippen LogP contribution in [0.2, 0.25) is 10.0 Å². The lowest BCUT2D eigenvalue weighted by Crippen LogP contribution is -2.51. The maximum atomic E-state index is 13.2. The molecule has 0 aliphatic rings. The van der Waals surface area contributed by atoms with E-state index in [1.807, 2.05) is 45.0 Å². The Hall–Kier alpha value is -2.44. The number of benzene rings is 2. The molecule has 2 amide bonds. The summed E-state index contributed by atoms with van der Waals surface area (Å²) in [7, 11) is 1.58. The van der Waals surface area contributed by atoms with Gasteiger partial charge in [0, 0.05) is 17.6 Å². The number of hydrogen-bond acceptors (Lipinski definition) is 4. The second-order valence-corrected chi connectivity index (χ2v) is 8.32. The van der Waals surface area contributed by atoms with Crippen LogP contribution in [0.3, 0.4) is 0 Å². The van der Waals surface area contributed by atoms with Gasteiger partial charge >= 0.3 is 0 Å². The van der Waals surface area contributed by atoms with Gasteiger partial charge in [0.2, 0.25) is 5.91 Å². The Balaban J connectivity index is 2.25. The first kappa shape index (κ1) is 25.8. The number of carbonyl (C=O) groups excluding carboxylic acids is 2. The van der Waals surface area contributed by atoms with Crippen molar-refractivity contribution in [3.8, 4) is 11.5 Å². The number of halogens is 2. The number of carbonyl (C=O) groups is 2. The zero-order valence-electron chi connectivity index (χ0n) is 18.9. The van der Waals surface area contributed by atoms with E-state index in [0.717, 1.165) is 12.0 Å². The fraction of sp³-hybridized carbons (Fsp3) is 0.417. The minimum Gasteiger partial charge on any atom is -0.497 e. The third kappa shape index (κ3) is 7.31. The maximum absolute atomic E-state index is 13.2. The van der Waals surface area contributed by atoms with E-state index in [1.54, 1.807) is 25.3 Å². The first-order valence-corrected chi connectivity index (χ1v) is 11.3. The van der Waals surface area contributed by atoms with Gasteiger partial charge in [-0.1, -0.05) is 49.2 Å². The molecule has 2 atom stereocenters. The highest BCUT2D eigenvalue weighted by molar-refractivity contribution is 6.35.